The molecule has 0 unspecified atom stereocenters. The third-order valence-corrected chi connectivity index (χ3v) is 6.18. The molecule has 1 heterocycles. The van der Waals surface area contributed by atoms with Crippen molar-refractivity contribution in [2.24, 2.45) is 0 Å². The highest BCUT2D eigenvalue weighted by Gasteiger charge is 2.03. The molecule has 6 heteroatoms. The van der Waals surface area contributed by atoms with Gasteiger partial charge in [0, 0.05) is 41.0 Å². The fourth-order valence-corrected chi connectivity index (χ4v) is 4.22. The Hall–Kier alpha value is -3.09. The van der Waals surface area contributed by atoms with E-state index in [1.165, 1.54) is 16.0 Å². The van der Waals surface area contributed by atoms with Gasteiger partial charge in [-0.15, -0.1) is 11.8 Å². The largest absolute Gasteiger partial charge is 0.358 e. The van der Waals surface area contributed by atoms with E-state index in [0.29, 0.717) is 11.7 Å². The minimum atomic E-state index is 0.612. The number of benzene rings is 3. The zero-order chi connectivity index (χ0) is 21.5. The number of rotatable bonds is 7. The second kappa shape index (κ2) is 10.3. The van der Waals surface area contributed by atoms with Gasteiger partial charge in [-0.1, -0.05) is 42.5 Å². The monoisotopic (exact) mass is 444 g/mol. The summed E-state index contributed by atoms with van der Waals surface area (Å²) in [5, 5.41) is 7.14. The molecular formula is C25H24N4S2. The Morgan fingerprint density at radius 1 is 0.935 bits per heavy atom. The lowest BCUT2D eigenvalue weighted by Gasteiger charge is -2.12. The van der Waals surface area contributed by atoms with Crippen LogP contribution in [0.4, 0.5) is 5.69 Å². The number of aromatic nitrogens is 2. The molecule has 0 bridgehead atoms. The molecule has 0 aliphatic heterocycles. The van der Waals surface area contributed by atoms with Crippen molar-refractivity contribution in [3.05, 3.63) is 108 Å². The smallest absolute Gasteiger partial charge is 0.171 e. The highest BCUT2D eigenvalue weighted by atomic mass is 32.2. The lowest BCUT2D eigenvalue weighted by molar-refractivity contribution is 0.920. The minimum Gasteiger partial charge on any atom is -0.358 e. The van der Waals surface area contributed by atoms with Crippen LogP contribution in [-0.4, -0.2) is 14.7 Å². The third kappa shape index (κ3) is 5.96. The Balaban J connectivity index is 1.24. The number of hydrogen-bond acceptors (Lipinski definition) is 3. The minimum absolute atomic E-state index is 0.612. The van der Waals surface area contributed by atoms with Crippen molar-refractivity contribution in [3.8, 4) is 5.69 Å². The lowest BCUT2D eigenvalue weighted by atomic mass is 10.2. The van der Waals surface area contributed by atoms with Gasteiger partial charge in [-0.25, -0.2) is 4.98 Å². The van der Waals surface area contributed by atoms with E-state index in [1.54, 1.807) is 0 Å². The maximum atomic E-state index is 5.45. The number of thioether (sulfide) groups is 1. The molecule has 0 aliphatic carbocycles. The van der Waals surface area contributed by atoms with Crippen molar-refractivity contribution in [2.45, 2.75) is 24.1 Å². The summed E-state index contributed by atoms with van der Waals surface area (Å²) in [6.07, 6.45) is 3.77. The first kappa shape index (κ1) is 21.2. The average Bonchev–Trinajstić information content (AvgIpc) is 3.24. The van der Waals surface area contributed by atoms with E-state index in [0.717, 1.165) is 23.0 Å². The van der Waals surface area contributed by atoms with E-state index in [1.807, 2.05) is 37.1 Å². The topological polar surface area (TPSA) is 41.9 Å². The Kier molecular flexibility index (Phi) is 7.02. The quantitative estimate of drug-likeness (QED) is 0.272. The summed E-state index contributed by atoms with van der Waals surface area (Å²) >= 11 is 7.29. The molecule has 156 valence electrons. The van der Waals surface area contributed by atoms with Gasteiger partial charge in [0.1, 0.15) is 5.82 Å². The molecule has 31 heavy (non-hydrogen) atoms. The van der Waals surface area contributed by atoms with Crippen LogP contribution in [-0.2, 0) is 12.3 Å². The molecule has 0 amide bonds. The molecule has 0 radical (unpaired) electrons. The van der Waals surface area contributed by atoms with Crippen LogP contribution in [0.1, 0.15) is 17.0 Å². The molecular weight excluding hydrogens is 420 g/mol. The van der Waals surface area contributed by atoms with Crippen LogP contribution in [0.5, 0.6) is 0 Å². The SMILES string of the molecule is Cc1nccn1-c1ccc(CNC(=S)Nc2ccc(CSc3ccccc3)cc2)cc1. The summed E-state index contributed by atoms with van der Waals surface area (Å²) in [5.41, 5.74) is 4.53. The van der Waals surface area contributed by atoms with Crippen molar-refractivity contribution in [1.82, 2.24) is 14.9 Å². The van der Waals surface area contributed by atoms with Gasteiger partial charge in [0.25, 0.3) is 0 Å². The van der Waals surface area contributed by atoms with Gasteiger partial charge < -0.3 is 15.2 Å². The van der Waals surface area contributed by atoms with Gasteiger partial charge in [-0.05, 0) is 66.7 Å². The van der Waals surface area contributed by atoms with Gasteiger partial charge in [0.05, 0.1) is 0 Å². The van der Waals surface area contributed by atoms with Gasteiger partial charge in [0.2, 0.25) is 0 Å². The first-order valence-corrected chi connectivity index (χ1v) is 11.5. The molecule has 4 nitrogen and oxygen atoms in total. The summed E-state index contributed by atoms with van der Waals surface area (Å²) < 4.78 is 2.06. The number of anilines is 1. The highest BCUT2D eigenvalue weighted by Crippen LogP contribution is 2.23. The van der Waals surface area contributed by atoms with Gasteiger partial charge in [-0.3, -0.25) is 0 Å². The van der Waals surface area contributed by atoms with Crippen LogP contribution >= 0.6 is 24.0 Å². The molecule has 0 saturated heterocycles. The number of aryl methyl sites for hydroxylation is 1. The number of imidazole rings is 1. The number of thiocarbonyl (C=S) groups is 1. The van der Waals surface area contributed by atoms with E-state index in [-0.39, 0.29) is 0 Å². The lowest BCUT2D eigenvalue weighted by Crippen LogP contribution is -2.27. The van der Waals surface area contributed by atoms with Crippen LogP contribution in [0.25, 0.3) is 5.69 Å². The summed E-state index contributed by atoms with van der Waals surface area (Å²) in [7, 11) is 0. The molecule has 1 aromatic heterocycles. The predicted octanol–water partition coefficient (Wildman–Crippen LogP) is 5.96. The maximum Gasteiger partial charge on any atom is 0.171 e. The second-order valence-corrected chi connectivity index (χ2v) is 8.57. The van der Waals surface area contributed by atoms with E-state index < -0.39 is 0 Å². The molecule has 0 saturated carbocycles. The molecule has 2 N–H and O–H groups in total. The van der Waals surface area contributed by atoms with Crippen LogP contribution < -0.4 is 10.6 Å². The highest BCUT2D eigenvalue weighted by molar-refractivity contribution is 7.98. The predicted molar refractivity (Wildman–Crippen MR) is 134 cm³/mol. The Morgan fingerprint density at radius 2 is 1.65 bits per heavy atom. The molecule has 3 aromatic carbocycles. The first-order valence-electron chi connectivity index (χ1n) is 10.1. The maximum absolute atomic E-state index is 5.45. The van der Waals surface area contributed by atoms with Crippen LogP contribution in [0.3, 0.4) is 0 Å². The Bertz CT molecular complexity index is 1120. The van der Waals surface area contributed by atoms with Crippen molar-refractivity contribution in [1.29, 1.82) is 0 Å². The van der Waals surface area contributed by atoms with Crippen molar-refractivity contribution < 1.29 is 0 Å². The van der Waals surface area contributed by atoms with Crippen molar-refractivity contribution in [2.75, 3.05) is 5.32 Å². The first-order chi connectivity index (χ1) is 15.2. The van der Waals surface area contributed by atoms with E-state index >= 15 is 0 Å². The van der Waals surface area contributed by atoms with Gasteiger partial charge in [-0.2, -0.15) is 0 Å². The number of nitrogens with one attached hydrogen (secondary N) is 2. The second-order valence-electron chi connectivity index (χ2n) is 7.12. The Morgan fingerprint density at radius 3 is 2.32 bits per heavy atom. The fourth-order valence-electron chi connectivity index (χ4n) is 3.15. The molecule has 0 atom stereocenters. The fraction of sp³-hybridized carbons (Fsp3) is 0.120. The normalized spacial score (nSPS) is 10.6. The third-order valence-electron chi connectivity index (χ3n) is 4.85. The number of nitrogens with zero attached hydrogens (tertiary/aromatic N) is 2. The molecule has 0 spiro atoms. The summed E-state index contributed by atoms with van der Waals surface area (Å²) in [5.74, 6) is 1.92. The van der Waals surface area contributed by atoms with E-state index in [4.69, 9.17) is 12.2 Å². The number of hydrogen-bond donors (Lipinski definition) is 2. The average molecular weight is 445 g/mol. The van der Waals surface area contributed by atoms with Gasteiger partial charge >= 0.3 is 0 Å². The molecule has 0 fully saturated rings. The van der Waals surface area contributed by atoms with E-state index in [9.17, 15) is 0 Å². The summed E-state index contributed by atoms with van der Waals surface area (Å²) in [4.78, 5) is 5.55. The summed E-state index contributed by atoms with van der Waals surface area (Å²) in [6, 6.07) is 27.2. The molecule has 4 aromatic rings. The van der Waals surface area contributed by atoms with Crippen molar-refractivity contribution >= 4 is 34.8 Å². The summed E-state index contributed by atoms with van der Waals surface area (Å²) in [6.45, 7) is 2.66. The standard InChI is InChI=1S/C25H24N4S2/c1-19-26-15-16-29(19)23-13-9-20(10-14-23)17-27-25(30)28-22-11-7-21(8-12-22)18-31-24-5-3-2-4-6-24/h2-16H,17-18H2,1H3,(H2,27,28,30). The van der Waals surface area contributed by atoms with Crippen LogP contribution in [0.2, 0.25) is 0 Å². The van der Waals surface area contributed by atoms with Crippen LogP contribution in [0.15, 0.2) is 96.2 Å². The van der Waals surface area contributed by atoms with Crippen molar-refractivity contribution in [3.63, 3.8) is 0 Å². The van der Waals surface area contributed by atoms with Gasteiger partial charge in [0.15, 0.2) is 5.11 Å². The van der Waals surface area contributed by atoms with E-state index in [2.05, 4.69) is 93.0 Å². The molecule has 0 aliphatic rings. The zero-order valence-electron chi connectivity index (χ0n) is 17.3. The Labute approximate surface area is 192 Å². The zero-order valence-corrected chi connectivity index (χ0v) is 18.9. The van der Waals surface area contributed by atoms with Crippen LogP contribution in [0, 0.1) is 6.92 Å². The molecule has 4 rings (SSSR count).